The second-order valence-electron chi connectivity index (χ2n) is 17.9. The van der Waals surface area contributed by atoms with E-state index in [1.807, 2.05) is 78.9 Å². The molecular weight excluding hydrogens is 845 g/mol. The molecule has 11 aromatic carbocycles. The first-order valence-electron chi connectivity index (χ1n) is 23.2. The van der Waals surface area contributed by atoms with E-state index < -0.39 is 0 Å². The van der Waals surface area contributed by atoms with Crippen LogP contribution in [0.1, 0.15) is 0 Å². The van der Waals surface area contributed by atoms with Crippen LogP contribution in [0.5, 0.6) is 0 Å². The normalized spacial score (nSPS) is 12.1. The maximum absolute atomic E-state index is 6.44. The number of para-hydroxylation sites is 2. The fraction of sp³-hybridized carbons (Fsp3) is 0. The number of nitrogens with zero attached hydrogens (tertiary/aromatic N) is 4. The molecule has 0 spiro atoms. The van der Waals surface area contributed by atoms with Crippen molar-refractivity contribution < 1.29 is 8.83 Å². The van der Waals surface area contributed by atoms with Crippen LogP contribution in [0.4, 0.5) is 0 Å². The average Bonchev–Trinajstić information content (AvgIpc) is 4.08. The van der Waals surface area contributed by atoms with Gasteiger partial charge in [-0.15, -0.1) is 0 Å². The molecule has 0 saturated heterocycles. The van der Waals surface area contributed by atoms with Crippen molar-refractivity contribution in [3.63, 3.8) is 0 Å². The molecular formula is C63H36N4O2. The van der Waals surface area contributed by atoms with Gasteiger partial charge in [0.1, 0.15) is 22.3 Å². The van der Waals surface area contributed by atoms with E-state index in [9.17, 15) is 0 Å². The molecule has 320 valence electrons. The monoisotopic (exact) mass is 880 g/mol. The molecule has 0 saturated carbocycles. The van der Waals surface area contributed by atoms with Crippen LogP contribution in [0.25, 0.3) is 149 Å². The summed E-state index contributed by atoms with van der Waals surface area (Å²) in [6.45, 7) is 0. The van der Waals surface area contributed by atoms with Gasteiger partial charge in [-0.1, -0.05) is 152 Å². The quantitative estimate of drug-likeness (QED) is 0.161. The van der Waals surface area contributed by atoms with Crippen molar-refractivity contribution in [2.75, 3.05) is 0 Å². The van der Waals surface area contributed by atoms with Gasteiger partial charge in [0.25, 0.3) is 0 Å². The first-order valence-corrected chi connectivity index (χ1v) is 23.2. The molecule has 0 N–H and O–H groups in total. The number of aromatic nitrogens is 4. The van der Waals surface area contributed by atoms with E-state index in [1.165, 1.54) is 37.7 Å². The van der Waals surface area contributed by atoms with Crippen molar-refractivity contribution in [3.8, 4) is 51.0 Å². The van der Waals surface area contributed by atoms with E-state index in [2.05, 4.69) is 144 Å². The summed E-state index contributed by atoms with van der Waals surface area (Å²) in [5.41, 5.74) is 12.0. The molecule has 0 atom stereocenters. The smallest absolute Gasteiger partial charge is 0.164 e. The Bertz CT molecular complexity index is 4530. The lowest BCUT2D eigenvalue weighted by Crippen LogP contribution is -2.00. The van der Waals surface area contributed by atoms with E-state index in [4.69, 9.17) is 23.8 Å². The Morgan fingerprint density at radius 3 is 1.39 bits per heavy atom. The van der Waals surface area contributed by atoms with Crippen molar-refractivity contribution in [2.45, 2.75) is 0 Å². The SMILES string of the molecule is c1ccc(-c2nc(-c3ccccc3)nc(-c3ccc4c5ccc(-n6c7ccccc7c7cc(-c8ccc9oc%10cc%11c(cc%10c9c8)oc8ccccc8%11)ccc76)cc5c5ccccc5c4c3)n2)cc1. The van der Waals surface area contributed by atoms with Crippen molar-refractivity contribution in [2.24, 2.45) is 0 Å². The number of benzene rings is 11. The van der Waals surface area contributed by atoms with Gasteiger partial charge in [-0.2, -0.15) is 0 Å². The molecule has 0 bridgehead atoms. The van der Waals surface area contributed by atoms with E-state index in [0.29, 0.717) is 17.5 Å². The third-order valence-corrected chi connectivity index (χ3v) is 14.0. The van der Waals surface area contributed by atoms with Crippen molar-refractivity contribution >= 4 is 98.0 Å². The highest BCUT2D eigenvalue weighted by molar-refractivity contribution is 6.26. The molecule has 15 aromatic rings. The van der Waals surface area contributed by atoms with Gasteiger partial charge in [0.05, 0.1) is 11.0 Å². The predicted molar refractivity (Wildman–Crippen MR) is 283 cm³/mol. The standard InChI is InChI=1S/C63H36N4O2/c1-3-13-37(14-4-1)61-64-62(38-15-5-2-6-16-38)66-63(65-61)41-23-27-45-46-28-26-42(34-50(46)44-18-8-7-17-43(44)49(45)33-41)67-55-21-11-9-19-47(55)51-31-39(24-29-56(51)67)40-25-30-58-52(32-40)54-36-59-53(35-60(54)69-58)48-20-10-12-22-57(48)68-59/h1-36H. The maximum atomic E-state index is 6.44. The van der Waals surface area contributed by atoms with Crippen LogP contribution < -0.4 is 0 Å². The summed E-state index contributed by atoms with van der Waals surface area (Å²) in [7, 11) is 0. The van der Waals surface area contributed by atoms with Crippen molar-refractivity contribution in [1.29, 1.82) is 0 Å². The first-order chi connectivity index (χ1) is 34.2. The Morgan fingerprint density at radius 2 is 0.696 bits per heavy atom. The molecule has 0 amide bonds. The summed E-state index contributed by atoms with van der Waals surface area (Å²) >= 11 is 0. The van der Waals surface area contributed by atoms with E-state index in [-0.39, 0.29) is 0 Å². The van der Waals surface area contributed by atoms with E-state index >= 15 is 0 Å². The third kappa shape index (κ3) is 5.82. The Balaban J connectivity index is 0.861. The second-order valence-corrected chi connectivity index (χ2v) is 17.9. The number of fused-ring (bicyclic) bond motifs is 15. The third-order valence-electron chi connectivity index (χ3n) is 14.0. The lowest BCUT2D eigenvalue weighted by molar-refractivity contribution is 0.664. The molecule has 0 radical (unpaired) electrons. The molecule has 0 aliphatic carbocycles. The van der Waals surface area contributed by atoms with Crippen LogP contribution in [0.3, 0.4) is 0 Å². The molecule has 4 heterocycles. The van der Waals surface area contributed by atoms with Gasteiger partial charge < -0.3 is 13.4 Å². The molecule has 0 unspecified atom stereocenters. The Kier molecular flexibility index (Phi) is 7.97. The Hall–Kier alpha value is -9.39. The molecule has 69 heavy (non-hydrogen) atoms. The molecule has 6 nitrogen and oxygen atoms in total. The van der Waals surface area contributed by atoms with E-state index in [1.54, 1.807) is 0 Å². The minimum atomic E-state index is 0.638. The fourth-order valence-electron chi connectivity index (χ4n) is 10.8. The molecule has 0 aliphatic heterocycles. The van der Waals surface area contributed by atoms with Crippen LogP contribution in [-0.4, -0.2) is 19.5 Å². The summed E-state index contributed by atoms with van der Waals surface area (Å²) in [6.07, 6.45) is 0. The lowest BCUT2D eigenvalue weighted by atomic mass is 9.93. The van der Waals surface area contributed by atoms with Gasteiger partial charge in [0.2, 0.25) is 0 Å². The first kappa shape index (κ1) is 37.8. The second kappa shape index (κ2) is 14.6. The van der Waals surface area contributed by atoms with Gasteiger partial charge in [0.15, 0.2) is 17.5 Å². The predicted octanol–water partition coefficient (Wildman–Crippen LogP) is 16.9. The largest absolute Gasteiger partial charge is 0.456 e. The zero-order chi connectivity index (χ0) is 45.2. The number of furan rings is 2. The van der Waals surface area contributed by atoms with Crippen LogP contribution in [0.2, 0.25) is 0 Å². The highest BCUT2D eigenvalue weighted by Crippen LogP contribution is 2.42. The van der Waals surface area contributed by atoms with Crippen molar-refractivity contribution in [1.82, 2.24) is 19.5 Å². The maximum Gasteiger partial charge on any atom is 0.164 e. The molecule has 0 aliphatic rings. The lowest BCUT2D eigenvalue weighted by Gasteiger charge is -2.15. The molecule has 15 rings (SSSR count). The van der Waals surface area contributed by atoms with Crippen LogP contribution in [0.15, 0.2) is 227 Å². The fourth-order valence-corrected chi connectivity index (χ4v) is 10.8. The van der Waals surface area contributed by atoms with Gasteiger partial charge in [-0.3, -0.25) is 0 Å². The van der Waals surface area contributed by atoms with Gasteiger partial charge in [0, 0.05) is 54.7 Å². The molecule has 0 fully saturated rings. The highest BCUT2D eigenvalue weighted by atomic mass is 16.3. The van der Waals surface area contributed by atoms with Crippen molar-refractivity contribution in [3.05, 3.63) is 218 Å². The highest BCUT2D eigenvalue weighted by Gasteiger charge is 2.19. The summed E-state index contributed by atoms with van der Waals surface area (Å²) in [5, 5.41) is 13.8. The number of rotatable bonds is 5. The number of hydrogen-bond donors (Lipinski definition) is 0. The zero-order valence-electron chi connectivity index (χ0n) is 36.9. The summed E-state index contributed by atoms with van der Waals surface area (Å²) in [5.74, 6) is 1.93. The average molecular weight is 881 g/mol. The van der Waals surface area contributed by atoms with Gasteiger partial charge in [-0.25, -0.2) is 15.0 Å². The van der Waals surface area contributed by atoms with E-state index in [0.717, 1.165) is 93.8 Å². The minimum Gasteiger partial charge on any atom is -0.456 e. The summed E-state index contributed by atoms with van der Waals surface area (Å²) in [6, 6.07) is 77.1. The summed E-state index contributed by atoms with van der Waals surface area (Å²) < 4.78 is 15.1. The zero-order valence-corrected chi connectivity index (χ0v) is 36.9. The minimum absolute atomic E-state index is 0.638. The summed E-state index contributed by atoms with van der Waals surface area (Å²) in [4.78, 5) is 15.1. The molecule has 4 aromatic heterocycles. The van der Waals surface area contributed by atoms with Crippen LogP contribution >= 0.6 is 0 Å². The topological polar surface area (TPSA) is 69.9 Å². The molecule has 6 heteroatoms. The van der Waals surface area contributed by atoms with Crippen LogP contribution in [-0.2, 0) is 0 Å². The van der Waals surface area contributed by atoms with Gasteiger partial charge >= 0.3 is 0 Å². The Labute approximate surface area is 394 Å². The number of hydrogen-bond acceptors (Lipinski definition) is 5. The Morgan fingerprint density at radius 1 is 0.246 bits per heavy atom. The van der Waals surface area contributed by atoms with Gasteiger partial charge in [-0.05, 0) is 110 Å². The van der Waals surface area contributed by atoms with Crippen LogP contribution in [0, 0.1) is 0 Å².